The van der Waals surface area contributed by atoms with E-state index >= 15 is 0 Å². The summed E-state index contributed by atoms with van der Waals surface area (Å²) >= 11 is 0. The van der Waals surface area contributed by atoms with Crippen molar-refractivity contribution in [3.63, 3.8) is 0 Å². The van der Waals surface area contributed by atoms with Gasteiger partial charge in [-0.1, -0.05) is 143 Å². The first kappa shape index (κ1) is 63.9. The fourth-order valence-electron chi connectivity index (χ4n) is 6.56. The molecule has 0 aromatic heterocycles. The predicted octanol–water partition coefficient (Wildman–Crippen LogP) is 7.11. The Kier molecular flexibility index (Phi) is 35.6. The Morgan fingerprint density at radius 3 is 1.80 bits per heavy atom. The summed E-state index contributed by atoms with van der Waals surface area (Å²) in [7, 11) is -10.8. The molecule has 1 fully saturated rings. The summed E-state index contributed by atoms with van der Waals surface area (Å²) in [4.78, 5) is 54.3. The van der Waals surface area contributed by atoms with Crippen molar-refractivity contribution in [2.75, 3.05) is 13.2 Å². The van der Waals surface area contributed by atoms with Crippen LogP contribution in [0.15, 0.2) is 97.2 Å². The van der Waals surface area contributed by atoms with Gasteiger partial charge in [0.2, 0.25) is 0 Å². The SMILES string of the molecule is CC/C=C\C[C@@H](O)/C=C/C=C\C/C=C\C=C\[C@@H](O)/C=C\CCCC(=O)OC[C@H](COP(=O)(O)O[C@H]1C(O)C(O)C(O)[C@@H](OP(=O)(O)O)C1O)OC(=O)CCCCCCC/C=C\C/C=C\CCCCC. The van der Waals surface area contributed by atoms with Crippen molar-refractivity contribution in [2.24, 2.45) is 0 Å². The van der Waals surface area contributed by atoms with Gasteiger partial charge in [0.05, 0.1) is 18.8 Å². The predicted molar refractivity (Wildman–Crippen MR) is 262 cm³/mol. The third-order valence-electron chi connectivity index (χ3n) is 10.3. The molecule has 18 nitrogen and oxygen atoms in total. The van der Waals surface area contributed by atoms with E-state index in [2.05, 4.69) is 35.8 Å². The molecule has 0 heterocycles. The van der Waals surface area contributed by atoms with E-state index in [4.69, 9.17) is 18.5 Å². The second-order valence-corrected chi connectivity index (χ2v) is 19.1. The molecule has 0 aliphatic heterocycles. The minimum Gasteiger partial charge on any atom is -0.462 e. The van der Waals surface area contributed by atoms with E-state index in [1.165, 1.54) is 19.3 Å². The lowest BCUT2D eigenvalue weighted by Gasteiger charge is -2.43. The van der Waals surface area contributed by atoms with E-state index < -0.39 is 95.7 Å². The lowest BCUT2D eigenvalue weighted by Crippen LogP contribution is -2.64. The Morgan fingerprint density at radius 1 is 0.565 bits per heavy atom. The number of allylic oxidation sites excluding steroid dienone is 12. The summed E-state index contributed by atoms with van der Waals surface area (Å²) < 4.78 is 49.2. The molecular formula is C49H80O18P2. The number of hydrogen-bond acceptors (Lipinski definition) is 15. The van der Waals surface area contributed by atoms with Crippen molar-refractivity contribution < 1.29 is 87.1 Å². The summed E-state index contributed by atoms with van der Waals surface area (Å²) in [6, 6.07) is 0. The van der Waals surface area contributed by atoms with E-state index in [1.807, 2.05) is 37.3 Å². The van der Waals surface area contributed by atoms with Crippen molar-refractivity contribution >= 4 is 27.6 Å². The summed E-state index contributed by atoms with van der Waals surface area (Å²) in [5, 5.41) is 61.3. The van der Waals surface area contributed by atoms with Gasteiger partial charge in [0.1, 0.15) is 43.2 Å². The van der Waals surface area contributed by atoms with E-state index in [-0.39, 0.29) is 12.8 Å². The standard InChI is InChI=1S/C49H80O18P2/c1-3-5-7-8-9-10-11-12-13-14-15-16-20-23-29-36-43(53)65-41(38-64-69(61,62)67-49-46(56)44(54)45(55)48(47(49)57)66-68(58,59)60)37-63-42(52)35-30-24-28-34-40(51)33-27-22-19-17-18-21-26-32-39(50)31-25-6-4-2/h6,9-10,12-13,18-19,21-22,25-28,32-34,39-41,44-51,54-57H,3-5,7-8,11,14-17,20,23-24,29-31,35-38H2,1-2H3,(H,61,62)(H2,58,59,60)/b10-9-,13-12-,21-18-,22-19-,25-6-,32-26+,33-27+,34-28-/t39-,40-,41-,44?,45?,46?,47?,48-,49+/m1/s1. The third-order valence-corrected chi connectivity index (χ3v) is 11.8. The molecule has 0 saturated heterocycles. The molecule has 1 rings (SSSR count). The summed E-state index contributed by atoms with van der Waals surface area (Å²) in [5.41, 5.74) is 0. The molecule has 0 bridgehead atoms. The van der Waals surface area contributed by atoms with Gasteiger partial charge in [-0.05, 0) is 70.6 Å². The number of phosphoric acid groups is 2. The van der Waals surface area contributed by atoms with Crippen LogP contribution in [-0.4, -0.2) is 125 Å². The zero-order chi connectivity index (χ0) is 51.3. The summed E-state index contributed by atoms with van der Waals surface area (Å²) in [6.45, 7) is 2.71. The first-order valence-electron chi connectivity index (χ1n) is 24.0. The first-order valence-corrected chi connectivity index (χ1v) is 27.0. The molecule has 10 atom stereocenters. The van der Waals surface area contributed by atoms with E-state index in [0.29, 0.717) is 32.1 Å². The lowest BCUT2D eigenvalue weighted by atomic mass is 9.85. The molecule has 5 unspecified atom stereocenters. The minimum atomic E-state index is -5.39. The van der Waals surface area contributed by atoms with Crippen LogP contribution in [0.1, 0.15) is 129 Å². The van der Waals surface area contributed by atoms with Crippen molar-refractivity contribution in [1.82, 2.24) is 0 Å². The molecule has 0 aromatic rings. The molecule has 1 aliphatic rings. The van der Waals surface area contributed by atoms with Crippen LogP contribution in [0.3, 0.4) is 0 Å². The van der Waals surface area contributed by atoms with Gasteiger partial charge in [0.15, 0.2) is 6.10 Å². The van der Waals surface area contributed by atoms with Crippen LogP contribution in [0.4, 0.5) is 0 Å². The fourth-order valence-corrected chi connectivity index (χ4v) is 8.10. The molecule has 69 heavy (non-hydrogen) atoms. The molecule has 0 radical (unpaired) electrons. The molecule has 9 N–H and O–H groups in total. The molecule has 0 spiro atoms. The Morgan fingerprint density at radius 2 is 1.14 bits per heavy atom. The Balaban J connectivity index is 2.70. The van der Waals surface area contributed by atoms with Crippen LogP contribution in [0, 0.1) is 0 Å². The van der Waals surface area contributed by atoms with E-state index in [1.54, 1.807) is 42.5 Å². The van der Waals surface area contributed by atoms with Crippen molar-refractivity contribution in [3.8, 4) is 0 Å². The molecular weight excluding hydrogens is 938 g/mol. The van der Waals surface area contributed by atoms with Gasteiger partial charge in [0, 0.05) is 12.8 Å². The molecule has 0 aromatic carbocycles. The van der Waals surface area contributed by atoms with Crippen molar-refractivity contribution in [3.05, 3.63) is 97.2 Å². The number of hydrogen-bond donors (Lipinski definition) is 9. The summed E-state index contributed by atoms with van der Waals surface area (Å²) in [5.74, 6) is -1.41. The van der Waals surface area contributed by atoms with Gasteiger partial charge >= 0.3 is 27.6 Å². The number of aliphatic hydroxyl groups is 6. The average molecular weight is 1020 g/mol. The number of esters is 2. The van der Waals surface area contributed by atoms with Gasteiger partial charge in [0.25, 0.3) is 0 Å². The number of carbonyl (C=O) groups excluding carboxylic acids is 2. The lowest BCUT2D eigenvalue weighted by molar-refractivity contribution is -0.216. The maximum absolute atomic E-state index is 13.0. The second kappa shape index (κ2) is 38.5. The maximum Gasteiger partial charge on any atom is 0.472 e. The maximum atomic E-state index is 13.0. The highest BCUT2D eigenvalue weighted by atomic mass is 31.2. The molecule has 1 aliphatic carbocycles. The van der Waals surface area contributed by atoms with Crippen LogP contribution >= 0.6 is 15.6 Å². The zero-order valence-corrected chi connectivity index (χ0v) is 42.0. The third kappa shape index (κ3) is 33.2. The number of unbranched alkanes of at least 4 members (excludes halogenated alkanes) is 9. The highest BCUT2D eigenvalue weighted by Gasteiger charge is 2.54. The van der Waals surface area contributed by atoms with E-state index in [0.717, 1.165) is 51.4 Å². The normalized spacial score (nSPS) is 22.9. The number of rotatable bonds is 38. The van der Waals surface area contributed by atoms with E-state index in [9.17, 15) is 64.0 Å². The molecule has 394 valence electrons. The second-order valence-electron chi connectivity index (χ2n) is 16.5. The first-order chi connectivity index (χ1) is 32.9. The van der Waals surface area contributed by atoms with Crippen LogP contribution in [0.25, 0.3) is 0 Å². The van der Waals surface area contributed by atoms with Crippen LogP contribution in [-0.2, 0) is 41.8 Å². The van der Waals surface area contributed by atoms with Gasteiger partial charge < -0.3 is 54.8 Å². The van der Waals surface area contributed by atoms with Crippen molar-refractivity contribution in [2.45, 2.75) is 184 Å². The van der Waals surface area contributed by atoms with Gasteiger partial charge in [-0.25, -0.2) is 9.13 Å². The molecule has 0 amide bonds. The number of phosphoric ester groups is 2. The zero-order valence-electron chi connectivity index (χ0n) is 40.2. The topological polar surface area (TPSA) is 296 Å². The molecule has 20 heteroatoms. The van der Waals surface area contributed by atoms with Crippen LogP contribution < -0.4 is 0 Å². The summed E-state index contributed by atoms with van der Waals surface area (Å²) in [6.07, 6.45) is 27.1. The minimum absolute atomic E-state index is 0.0209. The monoisotopic (exact) mass is 1020 g/mol. The highest BCUT2D eigenvalue weighted by Crippen LogP contribution is 2.49. The smallest absolute Gasteiger partial charge is 0.462 e. The van der Waals surface area contributed by atoms with Gasteiger partial charge in [-0.2, -0.15) is 0 Å². The quantitative estimate of drug-likeness (QED) is 0.00978. The fraction of sp³-hybridized carbons (Fsp3) is 0.633. The molecule has 1 saturated carbocycles. The van der Waals surface area contributed by atoms with Gasteiger partial charge in [-0.15, -0.1) is 0 Å². The van der Waals surface area contributed by atoms with Crippen LogP contribution in [0.2, 0.25) is 0 Å². The van der Waals surface area contributed by atoms with Gasteiger partial charge in [-0.3, -0.25) is 23.2 Å². The Bertz CT molecular complexity index is 1740. The van der Waals surface area contributed by atoms with Crippen molar-refractivity contribution in [1.29, 1.82) is 0 Å². The largest absolute Gasteiger partial charge is 0.472 e. The van der Waals surface area contributed by atoms with Crippen LogP contribution in [0.5, 0.6) is 0 Å². The number of carbonyl (C=O) groups is 2. The highest BCUT2D eigenvalue weighted by molar-refractivity contribution is 7.47. The Labute approximate surface area is 408 Å². The average Bonchev–Trinajstić information content (AvgIpc) is 3.29. The number of ether oxygens (including phenoxy) is 2. The number of aliphatic hydroxyl groups excluding tert-OH is 6. The Hall–Kier alpha value is -3.16.